The second kappa shape index (κ2) is 10.3. The van der Waals surface area contributed by atoms with Crippen LogP contribution in [-0.4, -0.2) is 85.1 Å². The summed E-state index contributed by atoms with van der Waals surface area (Å²) in [5.41, 5.74) is 3.08. The molecule has 3 heterocycles. The van der Waals surface area contributed by atoms with Gasteiger partial charge in [0.05, 0.1) is 13.2 Å². The highest BCUT2D eigenvalue weighted by atomic mass is 19.1. The van der Waals surface area contributed by atoms with Crippen LogP contribution in [0.1, 0.15) is 36.4 Å². The summed E-state index contributed by atoms with van der Waals surface area (Å²) in [7, 11) is 3.96. The molecule has 0 bridgehead atoms. The van der Waals surface area contributed by atoms with Crippen molar-refractivity contribution < 1.29 is 9.18 Å². The van der Waals surface area contributed by atoms with Gasteiger partial charge < -0.3 is 14.7 Å². The van der Waals surface area contributed by atoms with Gasteiger partial charge in [-0.2, -0.15) is 5.11 Å². The minimum absolute atomic E-state index is 0.158. The zero-order valence-corrected chi connectivity index (χ0v) is 23.7. The van der Waals surface area contributed by atoms with Crippen molar-refractivity contribution in [1.82, 2.24) is 14.7 Å². The molecule has 2 atom stereocenters. The van der Waals surface area contributed by atoms with E-state index in [1.54, 1.807) is 12.1 Å². The van der Waals surface area contributed by atoms with Crippen LogP contribution in [0.5, 0.6) is 0 Å². The smallest absolute Gasteiger partial charge is 0.250 e. The van der Waals surface area contributed by atoms with Gasteiger partial charge in [-0.05, 0) is 79.5 Å². The summed E-state index contributed by atoms with van der Waals surface area (Å²) in [6.07, 6.45) is 2.86. The molecule has 0 aromatic heterocycles. The number of carbonyl (C=O) groups excluding carboxylic acids is 1. The number of piperidine rings is 1. The van der Waals surface area contributed by atoms with E-state index in [1.807, 2.05) is 23.9 Å². The van der Waals surface area contributed by atoms with E-state index in [4.69, 9.17) is 0 Å². The quantitative estimate of drug-likeness (QED) is 0.419. The molecule has 4 aliphatic rings. The van der Waals surface area contributed by atoms with Crippen LogP contribution in [0.15, 0.2) is 75.9 Å². The molecule has 41 heavy (non-hydrogen) atoms. The predicted molar refractivity (Wildman–Crippen MR) is 159 cm³/mol. The van der Waals surface area contributed by atoms with E-state index in [1.165, 1.54) is 34.0 Å². The van der Waals surface area contributed by atoms with Crippen LogP contribution >= 0.6 is 0 Å². The average Bonchev–Trinajstić information content (AvgIpc) is 3.65. The lowest BCUT2D eigenvalue weighted by Gasteiger charge is -2.45. The molecule has 2 fully saturated rings. The molecule has 1 unspecified atom stereocenters. The van der Waals surface area contributed by atoms with Crippen molar-refractivity contribution in [2.24, 2.45) is 15.2 Å². The summed E-state index contributed by atoms with van der Waals surface area (Å²) >= 11 is 0. The zero-order chi connectivity index (χ0) is 28.1. The largest absolute Gasteiger partial charge is 0.339 e. The molecule has 3 aliphatic heterocycles. The van der Waals surface area contributed by atoms with E-state index in [-0.39, 0.29) is 17.9 Å². The molecule has 1 amide bonds. The molecule has 7 rings (SSSR count). The molecule has 8 nitrogen and oxygen atoms in total. The highest BCUT2D eigenvalue weighted by Gasteiger charge is 2.54. The van der Waals surface area contributed by atoms with Crippen molar-refractivity contribution in [2.45, 2.75) is 43.4 Å². The second-order valence-electron chi connectivity index (χ2n) is 12.0. The summed E-state index contributed by atoms with van der Waals surface area (Å²) in [6, 6.07) is 20.2. The lowest BCUT2D eigenvalue weighted by atomic mass is 9.84. The molecule has 212 valence electrons. The van der Waals surface area contributed by atoms with Crippen molar-refractivity contribution in [3.63, 3.8) is 0 Å². The Hall–Kier alpha value is -3.69. The van der Waals surface area contributed by atoms with Gasteiger partial charge in [0.1, 0.15) is 11.4 Å². The van der Waals surface area contributed by atoms with Crippen molar-refractivity contribution >= 4 is 28.2 Å². The number of amidine groups is 1. The van der Waals surface area contributed by atoms with Gasteiger partial charge in [-0.3, -0.25) is 9.69 Å². The van der Waals surface area contributed by atoms with E-state index in [9.17, 15) is 9.18 Å². The van der Waals surface area contributed by atoms with E-state index in [0.717, 1.165) is 43.9 Å². The summed E-state index contributed by atoms with van der Waals surface area (Å²) in [4.78, 5) is 27.6. The minimum atomic E-state index is -0.637. The normalized spacial score (nSPS) is 23.5. The number of rotatable bonds is 7. The van der Waals surface area contributed by atoms with E-state index in [0.29, 0.717) is 32.2 Å². The highest BCUT2D eigenvalue weighted by molar-refractivity contribution is 5.94. The second-order valence-corrected chi connectivity index (χ2v) is 12.0. The van der Waals surface area contributed by atoms with Crippen molar-refractivity contribution in [1.29, 1.82) is 0 Å². The van der Waals surface area contributed by atoms with Gasteiger partial charge in [0.2, 0.25) is 5.91 Å². The third-order valence-electron chi connectivity index (χ3n) is 9.23. The molecule has 2 saturated heterocycles. The van der Waals surface area contributed by atoms with Crippen molar-refractivity contribution in [3.05, 3.63) is 77.6 Å². The molecule has 0 radical (unpaired) electrons. The van der Waals surface area contributed by atoms with Crippen LogP contribution in [0.2, 0.25) is 0 Å². The van der Waals surface area contributed by atoms with E-state index >= 15 is 0 Å². The first kappa shape index (κ1) is 26.2. The number of likely N-dealkylation sites (tertiary alicyclic amines) is 1. The van der Waals surface area contributed by atoms with Gasteiger partial charge in [0.25, 0.3) is 0 Å². The van der Waals surface area contributed by atoms with Crippen LogP contribution in [0.25, 0.3) is 10.8 Å². The molecule has 1 aliphatic carbocycles. The minimum Gasteiger partial charge on any atom is -0.339 e. The SMILES string of the molecule is CN(C)CC1=NC(CCN2CN(c3ccc(F)cc3)C3(CCN([C@@H]4Cc5cccc6cccc4c56)CC3)C2=O)N=N1. The van der Waals surface area contributed by atoms with E-state index < -0.39 is 5.54 Å². The molecule has 1 spiro atoms. The lowest BCUT2D eigenvalue weighted by Crippen LogP contribution is -2.57. The number of halogens is 1. The Labute approximate surface area is 240 Å². The number of nitrogens with zero attached hydrogens (tertiary/aromatic N) is 7. The Morgan fingerprint density at radius 3 is 2.54 bits per heavy atom. The maximum atomic E-state index is 14.2. The average molecular weight is 554 g/mol. The first-order valence-corrected chi connectivity index (χ1v) is 14.6. The monoisotopic (exact) mass is 553 g/mol. The van der Waals surface area contributed by atoms with Crippen LogP contribution in [0.4, 0.5) is 10.1 Å². The third kappa shape index (κ3) is 4.61. The Morgan fingerprint density at radius 1 is 1.02 bits per heavy atom. The van der Waals surface area contributed by atoms with Gasteiger partial charge in [-0.15, -0.1) is 5.11 Å². The number of aliphatic imine (C=N–C) groups is 1. The molecular weight excluding hydrogens is 517 g/mol. The van der Waals surface area contributed by atoms with Gasteiger partial charge >= 0.3 is 0 Å². The van der Waals surface area contributed by atoms with Gasteiger partial charge in [-0.1, -0.05) is 36.4 Å². The molecule has 0 saturated carbocycles. The van der Waals surface area contributed by atoms with Crippen LogP contribution in [-0.2, 0) is 11.2 Å². The molecular formula is C32H36FN7O. The van der Waals surface area contributed by atoms with Gasteiger partial charge in [0, 0.05) is 37.8 Å². The number of amides is 1. The van der Waals surface area contributed by atoms with Crippen molar-refractivity contribution in [3.8, 4) is 0 Å². The molecule has 3 aromatic rings. The number of hydrogen-bond acceptors (Lipinski definition) is 7. The van der Waals surface area contributed by atoms with Gasteiger partial charge in [0.15, 0.2) is 12.0 Å². The summed E-state index contributed by atoms with van der Waals surface area (Å²) in [5, 5.41) is 11.3. The maximum absolute atomic E-state index is 14.2. The number of azo groups is 1. The Kier molecular flexibility index (Phi) is 6.59. The van der Waals surface area contributed by atoms with Crippen molar-refractivity contribution in [2.75, 3.05) is 51.8 Å². The number of benzene rings is 3. The standard InChI is InChI=1S/C32H36FN7O/c1-37(2)20-29-34-28(35-36-29)13-16-39-21-40(25-11-9-24(33)10-12-25)32(31(39)41)14-17-38(18-15-32)27-19-23-7-3-5-22-6-4-8-26(27)30(22)23/h3-12,27-28H,13-21H2,1-2H3/t27-,28?/m1/s1. The molecule has 9 heteroatoms. The Morgan fingerprint density at radius 2 is 1.78 bits per heavy atom. The first-order valence-electron chi connectivity index (χ1n) is 14.6. The fraction of sp³-hybridized carbons (Fsp3) is 0.438. The summed E-state index contributed by atoms with van der Waals surface area (Å²) in [5.74, 6) is 0.618. The molecule has 3 aromatic carbocycles. The topological polar surface area (TPSA) is 67.1 Å². The number of likely N-dealkylation sites (N-methyl/N-ethyl adjacent to an activating group) is 1. The van der Waals surface area contributed by atoms with E-state index in [2.05, 4.69) is 61.4 Å². The fourth-order valence-corrected chi connectivity index (χ4v) is 7.24. The first-order chi connectivity index (χ1) is 19.9. The highest BCUT2D eigenvalue weighted by Crippen LogP contribution is 2.45. The Bertz CT molecular complexity index is 1520. The predicted octanol–water partition coefficient (Wildman–Crippen LogP) is 4.86. The summed E-state index contributed by atoms with van der Waals surface area (Å²) in [6.45, 7) is 3.37. The maximum Gasteiger partial charge on any atom is 0.250 e. The number of hydrogen-bond donors (Lipinski definition) is 0. The summed E-state index contributed by atoms with van der Waals surface area (Å²) < 4.78 is 13.9. The van der Waals surface area contributed by atoms with Crippen LogP contribution < -0.4 is 4.90 Å². The number of anilines is 1. The lowest BCUT2D eigenvalue weighted by molar-refractivity contribution is -0.133. The van der Waals surface area contributed by atoms with Crippen LogP contribution in [0, 0.1) is 5.82 Å². The Balaban J connectivity index is 1.10. The fourth-order valence-electron chi connectivity index (χ4n) is 7.24. The molecule has 0 N–H and O–H groups in total. The third-order valence-corrected chi connectivity index (χ3v) is 9.23. The zero-order valence-electron chi connectivity index (χ0n) is 23.7. The number of carbonyl (C=O) groups is 1. The van der Waals surface area contributed by atoms with Crippen LogP contribution in [0.3, 0.4) is 0 Å². The van der Waals surface area contributed by atoms with Gasteiger partial charge in [-0.25, -0.2) is 9.38 Å².